The third kappa shape index (κ3) is 3.30. The number of aryl methyl sites for hydroxylation is 1. The lowest BCUT2D eigenvalue weighted by molar-refractivity contribution is -0.122. The number of hydrogen-bond donors (Lipinski definition) is 2. The minimum atomic E-state index is -0.00600. The number of nitrogens with zero attached hydrogens (tertiary/aromatic N) is 2. The molecule has 1 unspecified atom stereocenters. The van der Waals surface area contributed by atoms with E-state index in [4.69, 9.17) is 5.73 Å². The number of nitrogens with two attached hydrogens (primary N) is 1. The van der Waals surface area contributed by atoms with Crippen LogP contribution in [0.4, 0.5) is 0 Å². The van der Waals surface area contributed by atoms with Crippen molar-refractivity contribution in [3.8, 4) is 0 Å². The number of nitrogens with one attached hydrogen (secondary N) is 1. The molecule has 0 spiro atoms. The van der Waals surface area contributed by atoms with Gasteiger partial charge in [0.05, 0.1) is 5.69 Å². The molecule has 0 aliphatic heterocycles. The summed E-state index contributed by atoms with van der Waals surface area (Å²) < 4.78 is 1.72. The van der Waals surface area contributed by atoms with E-state index in [1.807, 2.05) is 27.7 Å². The second-order valence-corrected chi connectivity index (χ2v) is 4.39. The number of aromatic nitrogens is 2. The summed E-state index contributed by atoms with van der Waals surface area (Å²) in [5.74, 6) is -0.00600. The number of amides is 1. The maximum Gasteiger partial charge on any atom is 0.241 e. The number of carbonyl (C=O) groups excluding carboxylic acids is 1. The molecule has 0 aromatic carbocycles. The summed E-state index contributed by atoms with van der Waals surface area (Å²) in [4.78, 5) is 11.7. The summed E-state index contributed by atoms with van der Waals surface area (Å²) in [6.07, 6.45) is 0.927. The van der Waals surface area contributed by atoms with Gasteiger partial charge in [-0.25, -0.2) is 0 Å². The van der Waals surface area contributed by atoms with Gasteiger partial charge in [-0.1, -0.05) is 6.92 Å². The Bertz CT molecular complexity index is 397. The third-order valence-electron chi connectivity index (χ3n) is 3.05. The van der Waals surface area contributed by atoms with Crippen LogP contribution in [-0.2, 0) is 17.9 Å². The molecule has 17 heavy (non-hydrogen) atoms. The summed E-state index contributed by atoms with van der Waals surface area (Å²) in [5.41, 5.74) is 8.55. The van der Waals surface area contributed by atoms with Crippen molar-refractivity contribution in [2.24, 2.45) is 5.73 Å². The van der Waals surface area contributed by atoms with E-state index in [2.05, 4.69) is 10.4 Å². The summed E-state index contributed by atoms with van der Waals surface area (Å²) in [7, 11) is 0. The van der Waals surface area contributed by atoms with Crippen molar-refractivity contribution in [1.82, 2.24) is 15.1 Å². The average molecular weight is 238 g/mol. The van der Waals surface area contributed by atoms with Crippen LogP contribution in [0.5, 0.6) is 0 Å². The Kier molecular flexibility index (Phi) is 4.69. The second-order valence-electron chi connectivity index (χ2n) is 4.39. The average Bonchev–Trinajstić information content (AvgIpc) is 2.53. The van der Waals surface area contributed by atoms with Gasteiger partial charge in [0.2, 0.25) is 5.91 Å². The Balaban J connectivity index is 2.72. The Labute approximate surface area is 102 Å². The zero-order valence-electron chi connectivity index (χ0n) is 11.1. The lowest BCUT2D eigenvalue weighted by atomic mass is 10.2. The Hall–Kier alpha value is -1.36. The van der Waals surface area contributed by atoms with Crippen LogP contribution >= 0.6 is 0 Å². The summed E-state index contributed by atoms with van der Waals surface area (Å²) in [6, 6.07) is 0.202. The highest BCUT2D eigenvalue weighted by Gasteiger charge is 2.13. The molecule has 1 amide bonds. The third-order valence-corrected chi connectivity index (χ3v) is 3.05. The molecule has 5 nitrogen and oxygen atoms in total. The van der Waals surface area contributed by atoms with E-state index in [9.17, 15) is 4.79 Å². The van der Waals surface area contributed by atoms with Gasteiger partial charge in [-0.05, 0) is 27.2 Å². The minimum absolute atomic E-state index is 0.00600. The van der Waals surface area contributed by atoms with Crippen LogP contribution in [0.1, 0.15) is 37.2 Å². The van der Waals surface area contributed by atoms with Crippen molar-refractivity contribution in [2.75, 3.05) is 0 Å². The topological polar surface area (TPSA) is 72.9 Å². The van der Waals surface area contributed by atoms with Crippen LogP contribution in [0, 0.1) is 13.8 Å². The van der Waals surface area contributed by atoms with Crippen LogP contribution in [0.3, 0.4) is 0 Å². The quantitative estimate of drug-likeness (QED) is 0.799. The van der Waals surface area contributed by atoms with E-state index in [0.717, 1.165) is 23.4 Å². The molecule has 1 atom stereocenters. The van der Waals surface area contributed by atoms with Gasteiger partial charge in [0.1, 0.15) is 6.54 Å². The number of rotatable bonds is 5. The van der Waals surface area contributed by atoms with E-state index in [1.54, 1.807) is 4.68 Å². The summed E-state index contributed by atoms with van der Waals surface area (Å²) in [5, 5.41) is 7.25. The summed E-state index contributed by atoms with van der Waals surface area (Å²) in [6.45, 7) is 8.61. The van der Waals surface area contributed by atoms with E-state index in [-0.39, 0.29) is 18.5 Å². The Morgan fingerprint density at radius 1 is 1.53 bits per heavy atom. The molecule has 0 bridgehead atoms. The SMILES string of the molecule is CCC(C)NC(=O)Cn1nc(C)c(CN)c1C. The zero-order valence-corrected chi connectivity index (χ0v) is 11.1. The molecule has 0 radical (unpaired) electrons. The van der Waals surface area contributed by atoms with Crippen molar-refractivity contribution < 1.29 is 4.79 Å². The molecular formula is C12H22N4O. The zero-order chi connectivity index (χ0) is 13.0. The first-order valence-corrected chi connectivity index (χ1v) is 6.01. The fraction of sp³-hybridized carbons (Fsp3) is 0.667. The van der Waals surface area contributed by atoms with E-state index >= 15 is 0 Å². The highest BCUT2D eigenvalue weighted by molar-refractivity contribution is 5.76. The first-order valence-electron chi connectivity index (χ1n) is 6.01. The maximum atomic E-state index is 11.7. The molecule has 5 heteroatoms. The fourth-order valence-corrected chi connectivity index (χ4v) is 1.74. The highest BCUT2D eigenvalue weighted by Crippen LogP contribution is 2.11. The molecular weight excluding hydrogens is 216 g/mol. The molecule has 0 fully saturated rings. The van der Waals surface area contributed by atoms with Crippen LogP contribution in [0.2, 0.25) is 0 Å². The molecule has 1 aromatic heterocycles. The lowest BCUT2D eigenvalue weighted by Crippen LogP contribution is -2.35. The van der Waals surface area contributed by atoms with Crippen molar-refractivity contribution in [2.45, 2.75) is 53.2 Å². The van der Waals surface area contributed by atoms with E-state index in [0.29, 0.717) is 6.54 Å². The highest BCUT2D eigenvalue weighted by atomic mass is 16.2. The molecule has 0 aliphatic carbocycles. The standard InChI is InChI=1S/C12H22N4O/c1-5-8(2)14-12(17)7-16-10(4)11(6-13)9(3)15-16/h8H,5-7,13H2,1-4H3,(H,14,17). The molecule has 1 heterocycles. The van der Waals surface area contributed by atoms with Crippen LogP contribution in [0.15, 0.2) is 0 Å². The molecule has 0 saturated heterocycles. The maximum absolute atomic E-state index is 11.7. The molecule has 1 rings (SSSR count). The predicted octanol–water partition coefficient (Wildman–Crippen LogP) is 0.873. The van der Waals surface area contributed by atoms with Gasteiger partial charge < -0.3 is 11.1 Å². The molecule has 3 N–H and O–H groups in total. The number of carbonyl (C=O) groups is 1. The number of hydrogen-bond acceptors (Lipinski definition) is 3. The van der Waals surface area contributed by atoms with Crippen molar-refractivity contribution in [3.05, 3.63) is 17.0 Å². The first kappa shape index (κ1) is 13.7. The largest absolute Gasteiger partial charge is 0.352 e. The van der Waals surface area contributed by atoms with Gasteiger partial charge in [0, 0.05) is 23.8 Å². The van der Waals surface area contributed by atoms with Gasteiger partial charge in [-0.3, -0.25) is 9.48 Å². The van der Waals surface area contributed by atoms with Crippen molar-refractivity contribution in [1.29, 1.82) is 0 Å². The van der Waals surface area contributed by atoms with Gasteiger partial charge in [-0.2, -0.15) is 5.10 Å². The van der Waals surface area contributed by atoms with Gasteiger partial charge in [0.15, 0.2) is 0 Å². The monoisotopic (exact) mass is 238 g/mol. The van der Waals surface area contributed by atoms with Gasteiger partial charge >= 0.3 is 0 Å². The first-order chi connectivity index (χ1) is 7.99. The molecule has 0 aliphatic rings. The van der Waals surface area contributed by atoms with Gasteiger partial charge in [0.25, 0.3) is 0 Å². The molecule has 1 aromatic rings. The van der Waals surface area contributed by atoms with Crippen LogP contribution < -0.4 is 11.1 Å². The normalized spacial score (nSPS) is 12.5. The lowest BCUT2D eigenvalue weighted by Gasteiger charge is -2.12. The van der Waals surface area contributed by atoms with Crippen molar-refractivity contribution in [3.63, 3.8) is 0 Å². The second kappa shape index (κ2) is 5.82. The fourth-order valence-electron chi connectivity index (χ4n) is 1.74. The van der Waals surface area contributed by atoms with E-state index in [1.165, 1.54) is 0 Å². The molecule has 0 saturated carbocycles. The summed E-state index contributed by atoms with van der Waals surface area (Å²) >= 11 is 0. The van der Waals surface area contributed by atoms with Crippen LogP contribution in [-0.4, -0.2) is 21.7 Å². The molecule has 96 valence electrons. The minimum Gasteiger partial charge on any atom is -0.352 e. The smallest absolute Gasteiger partial charge is 0.241 e. The Morgan fingerprint density at radius 2 is 2.18 bits per heavy atom. The predicted molar refractivity (Wildman–Crippen MR) is 67.5 cm³/mol. The van der Waals surface area contributed by atoms with Crippen LogP contribution in [0.25, 0.3) is 0 Å². The van der Waals surface area contributed by atoms with Crippen molar-refractivity contribution >= 4 is 5.91 Å². The Morgan fingerprint density at radius 3 is 2.65 bits per heavy atom. The van der Waals surface area contributed by atoms with Gasteiger partial charge in [-0.15, -0.1) is 0 Å². The van der Waals surface area contributed by atoms with E-state index < -0.39 is 0 Å².